The molecule has 0 N–H and O–H groups in total. The molecule has 0 saturated heterocycles. The highest BCUT2D eigenvalue weighted by Crippen LogP contribution is 2.52. The van der Waals surface area contributed by atoms with Crippen molar-refractivity contribution in [1.29, 1.82) is 0 Å². The maximum absolute atomic E-state index is 13.9. The first-order valence-corrected chi connectivity index (χ1v) is 13.3. The molecule has 0 aliphatic rings. The lowest BCUT2D eigenvalue weighted by Gasteiger charge is -2.34. The standard InChI is InChI=1S/C15H18F6NO8S3/c1-4-10(2)11-5-7-12(8-6-11)29-9-30-33(27,28)15(20,21)13(16,17)14(18,19)32(25,26)22-31(3,23)24/h5-8,10H,4,9H2,1-3H3/q-1. The summed E-state index contributed by atoms with van der Waals surface area (Å²) in [6.07, 6.45) is 0.659. The molecule has 0 bridgehead atoms. The fourth-order valence-corrected chi connectivity index (χ4v) is 5.15. The van der Waals surface area contributed by atoms with E-state index in [1.54, 1.807) is 0 Å². The molecule has 1 unspecified atom stereocenters. The van der Waals surface area contributed by atoms with Crippen LogP contribution in [0.2, 0.25) is 0 Å². The third-order valence-electron chi connectivity index (χ3n) is 4.09. The molecule has 0 spiro atoms. The molecular weight excluding hydrogens is 532 g/mol. The smallest absolute Gasteiger partial charge is 0.439 e. The lowest BCUT2D eigenvalue weighted by molar-refractivity contribution is -0.246. The van der Waals surface area contributed by atoms with Crippen LogP contribution < -0.4 is 4.74 Å². The number of hydrogen-bond acceptors (Lipinski definition) is 8. The van der Waals surface area contributed by atoms with Gasteiger partial charge in [0.15, 0.2) is 10.0 Å². The van der Waals surface area contributed by atoms with E-state index in [0.717, 1.165) is 12.0 Å². The molecule has 0 radical (unpaired) electrons. The van der Waals surface area contributed by atoms with E-state index >= 15 is 0 Å². The van der Waals surface area contributed by atoms with Gasteiger partial charge < -0.3 is 8.86 Å². The van der Waals surface area contributed by atoms with Crippen LogP contribution in [0, 0.1) is 0 Å². The molecule has 192 valence electrons. The first kappa shape index (κ1) is 29.4. The first-order chi connectivity index (χ1) is 14.6. The molecule has 0 saturated carbocycles. The molecular formula is C15H18F6NO8S3-. The van der Waals surface area contributed by atoms with Gasteiger partial charge in [-0.05, 0) is 30.0 Å². The Balaban J connectivity index is 3.09. The van der Waals surface area contributed by atoms with E-state index in [1.165, 1.54) is 28.4 Å². The predicted octanol–water partition coefficient (Wildman–Crippen LogP) is 3.37. The molecule has 9 nitrogen and oxygen atoms in total. The Morgan fingerprint density at radius 3 is 1.82 bits per heavy atom. The largest absolute Gasteiger partial charge is 0.466 e. The van der Waals surface area contributed by atoms with Crippen LogP contribution in [0.15, 0.2) is 24.3 Å². The Kier molecular flexibility index (Phi) is 8.51. The number of sulfonamides is 2. The predicted molar refractivity (Wildman–Crippen MR) is 103 cm³/mol. The maximum atomic E-state index is 13.9. The van der Waals surface area contributed by atoms with E-state index < -0.39 is 53.4 Å². The number of hydrogen-bond donors (Lipinski definition) is 0. The van der Waals surface area contributed by atoms with Gasteiger partial charge in [-0.25, -0.2) is 21.0 Å². The minimum Gasteiger partial charge on any atom is -0.466 e. The van der Waals surface area contributed by atoms with Crippen molar-refractivity contribution in [3.63, 3.8) is 0 Å². The second-order valence-corrected chi connectivity index (χ2v) is 11.8. The molecule has 0 heterocycles. The maximum Gasteiger partial charge on any atom is 0.439 e. The summed E-state index contributed by atoms with van der Waals surface area (Å²) in [6, 6.07) is 5.57. The van der Waals surface area contributed by atoms with E-state index in [1.807, 2.05) is 13.8 Å². The highest BCUT2D eigenvalue weighted by Gasteiger charge is 2.81. The quantitative estimate of drug-likeness (QED) is 0.220. The fourth-order valence-electron chi connectivity index (χ4n) is 2.07. The number of rotatable bonds is 12. The van der Waals surface area contributed by atoms with Crippen molar-refractivity contribution in [3.05, 3.63) is 34.0 Å². The van der Waals surface area contributed by atoms with Crippen molar-refractivity contribution in [2.45, 2.75) is 42.6 Å². The minimum absolute atomic E-state index is 0.108. The molecule has 1 atom stereocenters. The average Bonchev–Trinajstić information content (AvgIpc) is 2.65. The van der Waals surface area contributed by atoms with Crippen molar-refractivity contribution < 1.29 is 60.5 Å². The summed E-state index contributed by atoms with van der Waals surface area (Å²) < 4.78 is 159. The van der Waals surface area contributed by atoms with Crippen LogP contribution in [0.5, 0.6) is 5.75 Å². The van der Waals surface area contributed by atoms with E-state index in [2.05, 4.69) is 8.92 Å². The number of alkyl halides is 6. The Morgan fingerprint density at radius 2 is 1.39 bits per heavy atom. The summed E-state index contributed by atoms with van der Waals surface area (Å²) in [5.41, 5.74) is 0.826. The second-order valence-electron chi connectivity index (χ2n) is 6.60. The van der Waals surface area contributed by atoms with Gasteiger partial charge in [-0.2, -0.15) is 34.8 Å². The van der Waals surface area contributed by atoms with Crippen molar-refractivity contribution in [2.75, 3.05) is 13.0 Å². The van der Waals surface area contributed by atoms with Gasteiger partial charge in [0.05, 0.1) is 10.0 Å². The van der Waals surface area contributed by atoms with Gasteiger partial charge in [0.1, 0.15) is 5.75 Å². The van der Waals surface area contributed by atoms with Gasteiger partial charge in [-0.1, -0.05) is 26.0 Å². The highest BCUT2D eigenvalue weighted by atomic mass is 32.3. The van der Waals surface area contributed by atoms with Gasteiger partial charge in [-0.15, -0.1) is 0 Å². The third-order valence-corrected chi connectivity index (χ3v) is 8.16. The summed E-state index contributed by atoms with van der Waals surface area (Å²) >= 11 is 0. The topological polar surface area (TPSA) is 135 Å². The summed E-state index contributed by atoms with van der Waals surface area (Å²) in [4.78, 5) is 0. The number of ether oxygens (including phenoxy) is 1. The van der Waals surface area contributed by atoms with Crippen molar-refractivity contribution in [1.82, 2.24) is 0 Å². The molecule has 0 aromatic heterocycles. The molecule has 1 aromatic rings. The zero-order chi connectivity index (χ0) is 26.1. The van der Waals surface area contributed by atoms with Crippen LogP contribution in [0.4, 0.5) is 26.3 Å². The molecule has 0 aliphatic heterocycles. The van der Waals surface area contributed by atoms with E-state index in [4.69, 9.17) is 0 Å². The Bertz CT molecular complexity index is 1150. The Morgan fingerprint density at radius 1 is 0.909 bits per heavy atom. The lowest BCUT2D eigenvalue weighted by Crippen LogP contribution is -2.60. The van der Waals surface area contributed by atoms with E-state index in [-0.39, 0.29) is 17.9 Å². The van der Waals surface area contributed by atoms with Gasteiger partial charge >= 0.3 is 26.5 Å². The van der Waals surface area contributed by atoms with Crippen LogP contribution in [0.1, 0.15) is 31.7 Å². The lowest BCUT2D eigenvalue weighted by atomic mass is 9.99. The average molecular weight is 550 g/mol. The minimum atomic E-state index is -7.20. The Hall–Kier alpha value is -1.63. The summed E-state index contributed by atoms with van der Waals surface area (Å²) in [5.74, 6) is -7.24. The molecule has 1 aromatic carbocycles. The first-order valence-electron chi connectivity index (χ1n) is 8.57. The normalized spacial score (nSPS) is 15.3. The van der Waals surface area contributed by atoms with Crippen molar-refractivity contribution >= 4 is 30.2 Å². The number of nitrogens with zero attached hydrogens (tertiary/aromatic N) is 1. The summed E-state index contributed by atoms with van der Waals surface area (Å²) in [7, 11) is -19.4. The molecule has 1 rings (SSSR count). The molecule has 33 heavy (non-hydrogen) atoms. The van der Waals surface area contributed by atoms with E-state index in [9.17, 15) is 51.6 Å². The number of benzene rings is 1. The van der Waals surface area contributed by atoms with Crippen LogP contribution >= 0.6 is 0 Å². The SMILES string of the molecule is CCC(C)c1ccc(OCOS(=O)(=O)C(F)(F)C(F)(F)C(F)(F)S(=O)(=O)[N-]S(C)(=O)=O)cc1. The van der Waals surface area contributed by atoms with Gasteiger partial charge in [0.25, 0.3) is 0 Å². The zero-order valence-corrected chi connectivity index (χ0v) is 19.5. The van der Waals surface area contributed by atoms with Gasteiger partial charge in [0, 0.05) is 6.26 Å². The van der Waals surface area contributed by atoms with Crippen LogP contribution in [-0.4, -0.2) is 54.7 Å². The van der Waals surface area contributed by atoms with E-state index in [0.29, 0.717) is 0 Å². The van der Waals surface area contributed by atoms with Crippen LogP contribution in [0.3, 0.4) is 0 Å². The fraction of sp³-hybridized carbons (Fsp3) is 0.600. The Labute approximate surface area is 186 Å². The molecule has 0 fully saturated rings. The van der Waals surface area contributed by atoms with Crippen molar-refractivity contribution in [2.24, 2.45) is 0 Å². The van der Waals surface area contributed by atoms with Crippen LogP contribution in [0.25, 0.3) is 4.13 Å². The second kappa shape index (κ2) is 9.55. The van der Waals surface area contributed by atoms with Crippen molar-refractivity contribution in [3.8, 4) is 5.75 Å². The molecule has 18 heteroatoms. The van der Waals surface area contributed by atoms with Crippen LogP contribution in [-0.2, 0) is 34.3 Å². The number of halogens is 6. The highest BCUT2D eigenvalue weighted by molar-refractivity contribution is 8.12. The van der Waals surface area contributed by atoms with Gasteiger partial charge in [0.2, 0.25) is 6.79 Å². The zero-order valence-electron chi connectivity index (χ0n) is 17.0. The third kappa shape index (κ3) is 6.09. The van der Waals surface area contributed by atoms with Gasteiger partial charge in [-0.3, -0.25) is 0 Å². The molecule has 0 amide bonds. The summed E-state index contributed by atoms with van der Waals surface area (Å²) in [5, 5.41) is -13.8. The monoisotopic (exact) mass is 550 g/mol. The summed E-state index contributed by atoms with van der Waals surface area (Å²) in [6.45, 7) is 2.11. The molecule has 0 aliphatic carbocycles.